The Hall–Kier alpha value is -3.58. The molecular formula is C28H36FN5O. The number of amidine groups is 1. The number of nitrogens with zero attached hydrogens (tertiary/aromatic N) is 2. The Bertz CT molecular complexity index is 1200. The Kier molecular flexibility index (Phi) is 9.09. The van der Waals surface area contributed by atoms with Crippen molar-refractivity contribution in [3.8, 4) is 11.1 Å². The van der Waals surface area contributed by atoms with Crippen LogP contribution in [0.4, 0.5) is 4.39 Å². The minimum atomic E-state index is -0.259. The number of aliphatic hydroxyl groups is 1. The van der Waals surface area contributed by atoms with Crippen molar-refractivity contribution in [2.45, 2.75) is 39.0 Å². The van der Waals surface area contributed by atoms with E-state index in [9.17, 15) is 4.39 Å². The molecule has 2 aliphatic rings. The van der Waals surface area contributed by atoms with E-state index in [0.29, 0.717) is 17.2 Å². The largest absolute Gasteiger partial charge is 0.400 e. The molecular weight excluding hydrogens is 441 g/mol. The monoisotopic (exact) mass is 477 g/mol. The summed E-state index contributed by atoms with van der Waals surface area (Å²) in [5.74, 6) is 1.14. The van der Waals surface area contributed by atoms with E-state index < -0.39 is 0 Å². The lowest BCUT2D eigenvalue weighted by atomic mass is 9.91. The van der Waals surface area contributed by atoms with Crippen molar-refractivity contribution in [2.75, 3.05) is 14.2 Å². The van der Waals surface area contributed by atoms with Gasteiger partial charge in [0.25, 0.3) is 0 Å². The fraction of sp³-hybridized carbons (Fsp3) is 0.321. The molecule has 1 aliphatic heterocycles. The molecule has 1 fully saturated rings. The number of fused-ring (bicyclic) bond motifs is 1. The number of aliphatic hydroxyl groups excluding tert-OH is 1. The average Bonchev–Trinajstić information content (AvgIpc) is 3.31. The van der Waals surface area contributed by atoms with Gasteiger partial charge in [0.15, 0.2) is 0 Å². The zero-order chi connectivity index (χ0) is 25.4. The number of likely N-dealkylation sites (N-methyl/N-ethyl adjacent to an activating group) is 1. The molecule has 2 aromatic carbocycles. The third-order valence-corrected chi connectivity index (χ3v) is 6.35. The van der Waals surface area contributed by atoms with Crippen molar-refractivity contribution in [3.05, 3.63) is 78.1 Å². The summed E-state index contributed by atoms with van der Waals surface area (Å²) in [6, 6.07) is 14.4. The number of aliphatic imine (C=N–C) groups is 1. The number of hydrogen-bond acceptors (Lipinski definition) is 5. The number of aromatic nitrogens is 1. The Morgan fingerprint density at radius 2 is 1.77 bits per heavy atom. The van der Waals surface area contributed by atoms with Crippen molar-refractivity contribution in [3.63, 3.8) is 0 Å². The van der Waals surface area contributed by atoms with Gasteiger partial charge in [-0.25, -0.2) is 9.38 Å². The van der Waals surface area contributed by atoms with Gasteiger partial charge in [0.05, 0.1) is 16.9 Å². The topological polar surface area (TPSA) is 104 Å². The van der Waals surface area contributed by atoms with Gasteiger partial charge < -0.3 is 26.5 Å². The lowest BCUT2D eigenvalue weighted by Crippen LogP contribution is -2.30. The molecule has 35 heavy (non-hydrogen) atoms. The van der Waals surface area contributed by atoms with Crippen LogP contribution in [0.2, 0.25) is 0 Å². The molecule has 0 bridgehead atoms. The van der Waals surface area contributed by atoms with Crippen molar-refractivity contribution in [2.24, 2.45) is 22.4 Å². The first-order valence-corrected chi connectivity index (χ1v) is 12.0. The van der Waals surface area contributed by atoms with Crippen molar-refractivity contribution in [1.29, 1.82) is 0 Å². The van der Waals surface area contributed by atoms with Crippen LogP contribution in [0, 0.1) is 11.7 Å². The van der Waals surface area contributed by atoms with E-state index in [1.54, 1.807) is 24.5 Å². The molecule has 2 heterocycles. The van der Waals surface area contributed by atoms with Crippen LogP contribution >= 0.6 is 0 Å². The van der Waals surface area contributed by atoms with E-state index in [1.807, 2.05) is 36.2 Å². The van der Waals surface area contributed by atoms with Crippen LogP contribution in [0.1, 0.15) is 44.7 Å². The zero-order valence-corrected chi connectivity index (χ0v) is 20.8. The number of halogens is 1. The molecule has 7 heteroatoms. The summed E-state index contributed by atoms with van der Waals surface area (Å²) in [6.07, 6.45) is 10.9. The van der Waals surface area contributed by atoms with Crippen molar-refractivity contribution >= 4 is 22.4 Å². The molecule has 6 nitrogen and oxygen atoms in total. The van der Waals surface area contributed by atoms with E-state index in [-0.39, 0.29) is 5.82 Å². The maximum atomic E-state index is 13.2. The molecule has 186 valence electrons. The first-order chi connectivity index (χ1) is 16.9. The Balaban J connectivity index is 0.000000324. The van der Waals surface area contributed by atoms with Crippen LogP contribution in [-0.4, -0.2) is 35.0 Å². The van der Waals surface area contributed by atoms with Crippen LogP contribution in [0.15, 0.2) is 71.6 Å². The van der Waals surface area contributed by atoms with E-state index >= 15 is 0 Å². The molecule has 0 atom stereocenters. The second-order valence-electron chi connectivity index (χ2n) is 8.89. The standard InChI is InChI=1S/C20H18FN5.C7H14.CH4O/c1-26-10-9-24-20(23)19(26)17(22)16-11-13-3-2-4-15(18(13)25-16)12-5-7-14(21)8-6-12;1-7-5-3-2-4-6-7;1-2/h2-11,25H,22H2,1H3,(H2,23,24);7H,2-6H2,1H3;2H,1H3/b19-17-;;. The molecule has 0 amide bonds. The number of nitrogens with one attached hydrogen (secondary N) is 1. The predicted molar refractivity (Wildman–Crippen MR) is 144 cm³/mol. The minimum absolute atomic E-state index is 0.259. The Morgan fingerprint density at radius 3 is 2.37 bits per heavy atom. The maximum Gasteiger partial charge on any atom is 0.149 e. The smallest absolute Gasteiger partial charge is 0.149 e. The van der Waals surface area contributed by atoms with Crippen LogP contribution in [0.5, 0.6) is 0 Å². The molecule has 1 saturated carbocycles. The summed E-state index contributed by atoms with van der Waals surface area (Å²) in [4.78, 5) is 9.34. The van der Waals surface area contributed by atoms with Crippen LogP contribution in [-0.2, 0) is 0 Å². The van der Waals surface area contributed by atoms with Gasteiger partial charge in [0.1, 0.15) is 17.3 Å². The highest BCUT2D eigenvalue weighted by molar-refractivity contribution is 6.05. The number of para-hydroxylation sites is 1. The summed E-state index contributed by atoms with van der Waals surface area (Å²) in [6.45, 7) is 2.36. The molecule has 0 radical (unpaired) electrons. The minimum Gasteiger partial charge on any atom is -0.400 e. The van der Waals surface area contributed by atoms with E-state index in [2.05, 4.69) is 16.9 Å². The third kappa shape index (κ3) is 6.31. The molecule has 0 spiro atoms. The summed E-state index contributed by atoms with van der Waals surface area (Å²) in [5.41, 5.74) is 17.2. The third-order valence-electron chi connectivity index (χ3n) is 6.35. The van der Waals surface area contributed by atoms with Gasteiger partial charge in [-0.05, 0) is 29.7 Å². The summed E-state index contributed by atoms with van der Waals surface area (Å²) in [7, 11) is 2.87. The van der Waals surface area contributed by atoms with Crippen LogP contribution in [0.25, 0.3) is 27.7 Å². The molecule has 0 unspecified atom stereocenters. The zero-order valence-electron chi connectivity index (χ0n) is 20.8. The van der Waals surface area contributed by atoms with Gasteiger partial charge in [-0.15, -0.1) is 0 Å². The first-order valence-electron chi connectivity index (χ1n) is 12.0. The van der Waals surface area contributed by atoms with E-state index in [1.165, 1.54) is 44.2 Å². The second-order valence-corrected chi connectivity index (χ2v) is 8.89. The highest BCUT2D eigenvalue weighted by Crippen LogP contribution is 2.31. The van der Waals surface area contributed by atoms with Gasteiger partial charge in [-0.2, -0.15) is 0 Å². The van der Waals surface area contributed by atoms with Crippen LogP contribution < -0.4 is 11.5 Å². The summed E-state index contributed by atoms with van der Waals surface area (Å²) < 4.78 is 13.2. The molecule has 1 aliphatic carbocycles. The quantitative estimate of drug-likeness (QED) is 0.387. The predicted octanol–water partition coefficient (Wildman–Crippen LogP) is 5.57. The average molecular weight is 478 g/mol. The highest BCUT2D eigenvalue weighted by Gasteiger charge is 2.18. The number of nitrogens with two attached hydrogens (primary N) is 2. The van der Waals surface area contributed by atoms with Crippen molar-refractivity contribution < 1.29 is 9.50 Å². The summed E-state index contributed by atoms with van der Waals surface area (Å²) in [5, 5.41) is 8.01. The second kappa shape index (κ2) is 12.2. The Labute approximate surface area is 206 Å². The Morgan fingerprint density at radius 1 is 1.09 bits per heavy atom. The molecule has 6 N–H and O–H groups in total. The van der Waals surface area contributed by atoms with Gasteiger partial charge in [-0.1, -0.05) is 69.4 Å². The molecule has 1 aromatic heterocycles. The number of rotatable bonds is 2. The normalized spacial score (nSPS) is 17.2. The number of aromatic amines is 1. The van der Waals surface area contributed by atoms with Gasteiger partial charge in [-0.3, -0.25) is 0 Å². The van der Waals surface area contributed by atoms with E-state index in [4.69, 9.17) is 16.6 Å². The van der Waals surface area contributed by atoms with Crippen LogP contribution in [0.3, 0.4) is 0 Å². The lowest BCUT2D eigenvalue weighted by Gasteiger charge is -2.22. The van der Waals surface area contributed by atoms with Gasteiger partial charge in [0, 0.05) is 37.5 Å². The fourth-order valence-corrected chi connectivity index (χ4v) is 4.46. The van der Waals surface area contributed by atoms with Gasteiger partial charge in [0.2, 0.25) is 0 Å². The highest BCUT2D eigenvalue weighted by atomic mass is 19.1. The maximum absolute atomic E-state index is 13.2. The molecule has 5 rings (SSSR count). The lowest BCUT2D eigenvalue weighted by molar-refractivity contribution is 0.385. The fourth-order valence-electron chi connectivity index (χ4n) is 4.46. The number of benzene rings is 2. The first kappa shape index (κ1) is 26.0. The number of hydrogen-bond donors (Lipinski definition) is 4. The van der Waals surface area contributed by atoms with E-state index in [0.717, 1.165) is 40.8 Å². The summed E-state index contributed by atoms with van der Waals surface area (Å²) >= 11 is 0. The number of H-pyrrole nitrogens is 1. The van der Waals surface area contributed by atoms with Gasteiger partial charge >= 0.3 is 0 Å². The van der Waals surface area contributed by atoms with Crippen molar-refractivity contribution in [1.82, 2.24) is 9.88 Å². The SMILES string of the molecule is CC1CCCCC1.CN1C=CN=C(N)/C1=C(/N)c1cc2cccc(-c3ccc(F)cc3)c2[nH]1.CO. The molecule has 0 saturated heterocycles. The molecule has 3 aromatic rings.